The lowest BCUT2D eigenvalue weighted by Crippen LogP contribution is -2.16. The van der Waals surface area contributed by atoms with E-state index in [0.29, 0.717) is 51.9 Å². The zero-order valence-corrected chi connectivity index (χ0v) is 39.2. The summed E-state index contributed by atoms with van der Waals surface area (Å²) in [6.07, 6.45) is -1.24. The van der Waals surface area contributed by atoms with Gasteiger partial charge in [-0.25, -0.2) is 9.59 Å². The number of fused-ring (bicyclic) bond motifs is 12. The Hall–Kier alpha value is -8.35. The number of hydrogen-bond donors (Lipinski definition) is 1. The zero-order valence-electron chi connectivity index (χ0n) is 39.2. The largest absolute Gasteiger partial charge is 0.364 e. The molecule has 12 nitrogen and oxygen atoms in total. The summed E-state index contributed by atoms with van der Waals surface area (Å²) >= 11 is 0. The number of rotatable bonds is 13. The number of anilines is 6. The number of carbonyl (C=O) groups excluding carboxylic acids is 2. The molecule has 0 saturated heterocycles. The Bertz CT molecular complexity index is 3720. The quantitative estimate of drug-likeness (QED) is 0.0683. The van der Waals surface area contributed by atoms with Crippen molar-refractivity contribution >= 4 is 111 Å². The van der Waals surface area contributed by atoms with Gasteiger partial charge in [0, 0.05) is 123 Å². The molecule has 0 aliphatic heterocycles. The molecule has 344 valence electrons. The van der Waals surface area contributed by atoms with Gasteiger partial charge in [0.2, 0.25) is 6.29 Å². The lowest BCUT2D eigenvalue weighted by atomic mass is 9.99. The summed E-state index contributed by atoms with van der Waals surface area (Å²) in [5, 5.41) is 35.3. The van der Waals surface area contributed by atoms with Gasteiger partial charge >= 0.3 is 11.9 Å². The van der Waals surface area contributed by atoms with Crippen molar-refractivity contribution in [3.63, 3.8) is 0 Å². The topological polar surface area (TPSA) is 129 Å². The number of carbonyl (C=O) groups is 2. The van der Waals surface area contributed by atoms with Crippen LogP contribution in [0.5, 0.6) is 0 Å². The molecular weight excluding hydrogens is 865 g/mol. The van der Waals surface area contributed by atoms with Gasteiger partial charge in [0.1, 0.15) is 16.1 Å². The average molecular weight is 915 g/mol. The third-order valence-electron chi connectivity index (χ3n) is 12.7. The van der Waals surface area contributed by atoms with Crippen molar-refractivity contribution in [2.45, 2.75) is 47.8 Å². The van der Waals surface area contributed by atoms with Crippen LogP contribution in [0, 0.1) is 0 Å². The van der Waals surface area contributed by atoms with Crippen molar-refractivity contribution in [1.82, 2.24) is 0 Å². The van der Waals surface area contributed by atoms with E-state index in [-0.39, 0.29) is 0 Å². The van der Waals surface area contributed by atoms with E-state index in [0.717, 1.165) is 82.6 Å². The number of aliphatic hydroxyl groups is 1. The molecule has 1 atom stereocenters. The predicted molar refractivity (Wildman–Crippen MR) is 275 cm³/mol. The highest BCUT2D eigenvalue weighted by Crippen LogP contribution is 2.45. The predicted octanol–water partition coefficient (Wildman–Crippen LogP) is 11.3. The molecule has 0 spiro atoms. The second-order valence-corrected chi connectivity index (χ2v) is 16.9. The SMILES string of the molecule is CCN(c1ccccc1)c1ccc2c(c1)/c(=N\OC(C)=O)c1c2c2/c(=N/OC(C)=O)c3cc(N(CC)c4ccccc4)ccc3c2c2/c(=N/OC(C)O)c3cc(N(CC)c4ccccc4)ccc3c12. The van der Waals surface area contributed by atoms with Crippen molar-refractivity contribution < 1.29 is 29.2 Å². The molecule has 12 heteroatoms. The first-order valence-electron chi connectivity index (χ1n) is 23.2. The van der Waals surface area contributed by atoms with E-state index in [1.54, 1.807) is 0 Å². The molecule has 1 N–H and O–H groups in total. The molecule has 0 aliphatic rings. The minimum atomic E-state index is -1.24. The fourth-order valence-corrected chi connectivity index (χ4v) is 10.0. The molecule has 0 bridgehead atoms. The fourth-order valence-electron chi connectivity index (χ4n) is 10.0. The standard InChI is InChI=1S/C57H50N6O6/c1-7-61(37-19-13-10-14-20-37)40-25-28-43-46(31-40)55(58-67-34(4)64)52-49(43)53-51(45-30-27-42(33-48(45)56(53)59-68-35(5)65)63(9-3)39-23-17-12-18-24-39)54-50(52)44-29-26-41(32-47(44)57(54)60-69-36(6)66)62(8-2)38-21-15-11-16-22-38/h10-34,64H,7-9H2,1-6H3/b58-55+,59-56+,60-57+. The maximum Gasteiger partial charge on any atom is 0.332 e. The molecule has 0 heterocycles. The first kappa shape index (κ1) is 44.5. The van der Waals surface area contributed by atoms with E-state index in [1.165, 1.54) is 20.8 Å². The van der Waals surface area contributed by atoms with Crippen LogP contribution in [0.3, 0.4) is 0 Å². The number of para-hydroxylation sites is 3. The van der Waals surface area contributed by atoms with E-state index >= 15 is 0 Å². The monoisotopic (exact) mass is 914 g/mol. The first-order chi connectivity index (χ1) is 33.6. The Morgan fingerprint density at radius 3 is 1.01 bits per heavy atom. The lowest BCUT2D eigenvalue weighted by Gasteiger charge is -2.23. The van der Waals surface area contributed by atoms with Crippen LogP contribution in [0.25, 0.3) is 64.6 Å². The van der Waals surface area contributed by atoms with Crippen LogP contribution in [0.2, 0.25) is 0 Å². The van der Waals surface area contributed by atoms with Crippen LogP contribution in [0.4, 0.5) is 34.1 Å². The molecule has 69 heavy (non-hydrogen) atoms. The summed E-state index contributed by atoms with van der Waals surface area (Å²) in [6.45, 7) is 12.5. The molecule has 0 fully saturated rings. The molecule has 0 saturated carbocycles. The number of aliphatic hydroxyl groups excluding tert-OH is 1. The van der Waals surface area contributed by atoms with E-state index in [1.807, 2.05) is 54.6 Å². The molecular formula is C57H50N6O6. The van der Waals surface area contributed by atoms with E-state index in [2.05, 4.69) is 126 Å². The molecule has 10 aromatic rings. The minimum absolute atomic E-state index is 0.428. The number of benzene rings is 7. The van der Waals surface area contributed by atoms with Gasteiger partial charge in [-0.1, -0.05) is 88.3 Å². The van der Waals surface area contributed by atoms with Crippen molar-refractivity contribution in [3.8, 4) is 0 Å². The smallest absolute Gasteiger partial charge is 0.332 e. The Balaban J connectivity index is 1.46. The van der Waals surface area contributed by atoms with Crippen LogP contribution in [0.1, 0.15) is 41.5 Å². The molecule has 0 aromatic heterocycles. The van der Waals surface area contributed by atoms with Gasteiger partial charge in [-0.3, -0.25) is 0 Å². The molecule has 10 rings (SSSR count). The van der Waals surface area contributed by atoms with E-state index in [9.17, 15) is 14.7 Å². The average Bonchev–Trinajstić information content (AvgIpc) is 3.98. The van der Waals surface area contributed by atoms with E-state index in [4.69, 9.17) is 30.0 Å². The number of hydrogen-bond acceptors (Lipinski definition) is 12. The Morgan fingerprint density at radius 1 is 0.435 bits per heavy atom. The molecule has 0 radical (unpaired) electrons. The Labute approximate surface area is 397 Å². The summed E-state index contributed by atoms with van der Waals surface area (Å²) in [6, 6.07) is 49.3. The highest BCUT2D eigenvalue weighted by molar-refractivity contribution is 6.42. The molecule has 1 unspecified atom stereocenters. The fraction of sp³-hybridized carbons (Fsp3) is 0.175. The van der Waals surface area contributed by atoms with Gasteiger partial charge in [0.25, 0.3) is 0 Å². The molecule has 0 aliphatic carbocycles. The van der Waals surface area contributed by atoms with Gasteiger partial charge < -0.3 is 34.3 Å². The van der Waals surface area contributed by atoms with Crippen molar-refractivity contribution in [2.75, 3.05) is 34.3 Å². The third kappa shape index (κ3) is 7.78. The van der Waals surface area contributed by atoms with Crippen molar-refractivity contribution in [3.05, 3.63) is 162 Å². The van der Waals surface area contributed by atoms with Crippen molar-refractivity contribution in [2.24, 2.45) is 15.5 Å². The van der Waals surface area contributed by atoms with Crippen LogP contribution >= 0.6 is 0 Å². The third-order valence-corrected chi connectivity index (χ3v) is 12.7. The van der Waals surface area contributed by atoms with Crippen molar-refractivity contribution in [1.29, 1.82) is 0 Å². The second kappa shape index (κ2) is 18.4. The highest BCUT2D eigenvalue weighted by atomic mass is 16.7. The second-order valence-electron chi connectivity index (χ2n) is 16.9. The summed E-state index contributed by atoms with van der Waals surface area (Å²) in [4.78, 5) is 49.3. The summed E-state index contributed by atoms with van der Waals surface area (Å²) < 4.78 is 0. The van der Waals surface area contributed by atoms with Crippen LogP contribution in [-0.2, 0) is 24.1 Å². The van der Waals surface area contributed by atoms with Crippen LogP contribution < -0.4 is 30.8 Å². The maximum atomic E-state index is 12.8. The Kier molecular flexibility index (Phi) is 11.9. The lowest BCUT2D eigenvalue weighted by molar-refractivity contribution is -0.142. The normalized spacial score (nSPS) is 13.1. The van der Waals surface area contributed by atoms with E-state index < -0.39 is 18.2 Å². The van der Waals surface area contributed by atoms with Gasteiger partial charge in [0.05, 0.1) is 0 Å². The van der Waals surface area contributed by atoms with Gasteiger partial charge in [-0.2, -0.15) is 0 Å². The first-order valence-corrected chi connectivity index (χ1v) is 23.2. The summed E-state index contributed by atoms with van der Waals surface area (Å²) in [5.74, 6) is -1.17. The number of nitrogens with zero attached hydrogens (tertiary/aromatic N) is 6. The van der Waals surface area contributed by atoms with Crippen LogP contribution in [-0.4, -0.2) is 43.0 Å². The maximum absolute atomic E-state index is 12.8. The summed E-state index contributed by atoms with van der Waals surface area (Å²) in [5.41, 5.74) is 5.76. The van der Waals surface area contributed by atoms with Gasteiger partial charge in [0.15, 0.2) is 0 Å². The molecule has 0 amide bonds. The summed E-state index contributed by atoms with van der Waals surface area (Å²) in [7, 11) is 0. The minimum Gasteiger partial charge on any atom is -0.364 e. The zero-order chi connectivity index (χ0) is 47.9. The van der Waals surface area contributed by atoms with Crippen LogP contribution in [0.15, 0.2) is 161 Å². The molecule has 10 aromatic carbocycles. The van der Waals surface area contributed by atoms with Gasteiger partial charge in [-0.15, -0.1) is 0 Å². The highest BCUT2D eigenvalue weighted by Gasteiger charge is 2.28. The Morgan fingerprint density at radius 2 is 0.739 bits per heavy atom. The van der Waals surface area contributed by atoms with Gasteiger partial charge in [-0.05, 0) is 110 Å².